The van der Waals surface area contributed by atoms with E-state index in [2.05, 4.69) is 41.3 Å². The first kappa shape index (κ1) is 14.0. The fourth-order valence-electron chi connectivity index (χ4n) is 1.45. The number of aliphatic hydroxyl groups is 1. The Balaban J connectivity index is 1.95. The molecule has 0 saturated heterocycles. The standard InChI is InChI=1S/C13H17N3O2S/c1-8-3-5-10(6-4-8)19-7-11-15-13(18-16-11)12(14)9(2)17/h3-6,9,12,17H,7,14H2,1-2H3/t9-,12+/m1/s1. The first-order chi connectivity index (χ1) is 9.06. The molecule has 6 heteroatoms. The topological polar surface area (TPSA) is 85.2 Å². The van der Waals surface area contributed by atoms with Crippen molar-refractivity contribution in [3.63, 3.8) is 0 Å². The zero-order chi connectivity index (χ0) is 13.8. The van der Waals surface area contributed by atoms with Crippen molar-refractivity contribution in [1.82, 2.24) is 10.1 Å². The highest BCUT2D eigenvalue weighted by Gasteiger charge is 2.19. The van der Waals surface area contributed by atoms with Gasteiger partial charge in [0.15, 0.2) is 5.82 Å². The minimum Gasteiger partial charge on any atom is -0.391 e. The number of thioether (sulfide) groups is 1. The van der Waals surface area contributed by atoms with Crippen molar-refractivity contribution < 1.29 is 9.63 Å². The van der Waals surface area contributed by atoms with Crippen molar-refractivity contribution in [2.24, 2.45) is 5.73 Å². The van der Waals surface area contributed by atoms with Crippen LogP contribution in [0.2, 0.25) is 0 Å². The Morgan fingerprint density at radius 2 is 2.05 bits per heavy atom. The van der Waals surface area contributed by atoms with Gasteiger partial charge in [-0.05, 0) is 26.0 Å². The van der Waals surface area contributed by atoms with Crippen LogP contribution in [0.3, 0.4) is 0 Å². The molecule has 2 atom stereocenters. The van der Waals surface area contributed by atoms with Crippen molar-refractivity contribution in [3.8, 4) is 0 Å². The normalized spacial score (nSPS) is 14.3. The smallest absolute Gasteiger partial charge is 0.246 e. The lowest BCUT2D eigenvalue weighted by atomic mass is 10.2. The zero-order valence-corrected chi connectivity index (χ0v) is 11.7. The molecule has 0 spiro atoms. The van der Waals surface area contributed by atoms with Gasteiger partial charge >= 0.3 is 0 Å². The van der Waals surface area contributed by atoms with E-state index in [0.29, 0.717) is 11.6 Å². The van der Waals surface area contributed by atoms with Gasteiger partial charge in [-0.15, -0.1) is 11.8 Å². The third-order valence-electron chi connectivity index (χ3n) is 2.68. The fraction of sp³-hybridized carbons (Fsp3) is 0.385. The lowest BCUT2D eigenvalue weighted by Crippen LogP contribution is -2.23. The van der Waals surface area contributed by atoms with Gasteiger partial charge in [-0.1, -0.05) is 22.9 Å². The van der Waals surface area contributed by atoms with Gasteiger partial charge in [0.2, 0.25) is 5.89 Å². The Morgan fingerprint density at radius 3 is 2.68 bits per heavy atom. The second kappa shape index (κ2) is 6.18. The quantitative estimate of drug-likeness (QED) is 0.815. The van der Waals surface area contributed by atoms with E-state index in [1.807, 2.05) is 0 Å². The Labute approximate surface area is 116 Å². The maximum Gasteiger partial charge on any atom is 0.246 e. The van der Waals surface area contributed by atoms with E-state index in [1.165, 1.54) is 5.56 Å². The number of aryl methyl sites for hydroxylation is 1. The lowest BCUT2D eigenvalue weighted by molar-refractivity contribution is 0.146. The Hall–Kier alpha value is -1.37. The average Bonchev–Trinajstić information content (AvgIpc) is 2.86. The van der Waals surface area contributed by atoms with E-state index in [1.54, 1.807) is 18.7 Å². The van der Waals surface area contributed by atoms with E-state index < -0.39 is 12.1 Å². The predicted molar refractivity (Wildman–Crippen MR) is 73.6 cm³/mol. The van der Waals surface area contributed by atoms with Gasteiger partial charge in [-0.25, -0.2) is 0 Å². The van der Waals surface area contributed by atoms with Crippen LogP contribution >= 0.6 is 11.8 Å². The molecule has 1 aromatic carbocycles. The highest BCUT2D eigenvalue weighted by molar-refractivity contribution is 7.98. The summed E-state index contributed by atoms with van der Waals surface area (Å²) in [5, 5.41) is 13.2. The zero-order valence-electron chi connectivity index (χ0n) is 10.9. The number of rotatable bonds is 5. The molecule has 2 aromatic rings. The van der Waals surface area contributed by atoms with Crippen LogP contribution in [-0.2, 0) is 5.75 Å². The van der Waals surface area contributed by atoms with Crippen molar-refractivity contribution in [1.29, 1.82) is 0 Å². The molecule has 0 radical (unpaired) electrons. The molecule has 3 N–H and O–H groups in total. The molecule has 0 saturated carbocycles. The van der Waals surface area contributed by atoms with Crippen LogP contribution < -0.4 is 5.73 Å². The van der Waals surface area contributed by atoms with Gasteiger partial charge < -0.3 is 15.4 Å². The van der Waals surface area contributed by atoms with Crippen LogP contribution in [0.4, 0.5) is 0 Å². The van der Waals surface area contributed by atoms with Crippen LogP contribution in [0.15, 0.2) is 33.7 Å². The number of aromatic nitrogens is 2. The van der Waals surface area contributed by atoms with Crippen LogP contribution in [0.1, 0.15) is 30.2 Å². The number of nitrogens with zero attached hydrogens (tertiary/aromatic N) is 2. The minimum absolute atomic E-state index is 0.273. The highest BCUT2D eigenvalue weighted by atomic mass is 32.2. The van der Waals surface area contributed by atoms with Crippen LogP contribution in [0.5, 0.6) is 0 Å². The summed E-state index contributed by atoms with van der Waals surface area (Å²) in [6.07, 6.45) is -0.710. The minimum atomic E-state index is -0.710. The monoisotopic (exact) mass is 279 g/mol. The second-order valence-electron chi connectivity index (χ2n) is 4.42. The number of hydrogen-bond donors (Lipinski definition) is 2. The van der Waals surface area contributed by atoms with Crippen molar-refractivity contribution in [3.05, 3.63) is 41.5 Å². The molecule has 0 unspecified atom stereocenters. The van der Waals surface area contributed by atoms with Gasteiger partial charge in [-0.2, -0.15) is 4.98 Å². The lowest BCUT2D eigenvalue weighted by Gasteiger charge is -2.08. The summed E-state index contributed by atoms with van der Waals surface area (Å²) in [7, 11) is 0. The molecule has 0 aliphatic heterocycles. The summed E-state index contributed by atoms with van der Waals surface area (Å²) in [4.78, 5) is 5.33. The summed E-state index contributed by atoms with van der Waals surface area (Å²) in [6, 6.07) is 7.61. The van der Waals surface area contributed by atoms with Crippen LogP contribution in [0, 0.1) is 6.92 Å². The van der Waals surface area contributed by atoms with E-state index in [0.717, 1.165) is 4.90 Å². The fourth-order valence-corrected chi connectivity index (χ4v) is 2.19. The average molecular weight is 279 g/mol. The van der Waals surface area contributed by atoms with Gasteiger partial charge in [0.1, 0.15) is 6.04 Å². The molecule has 102 valence electrons. The third-order valence-corrected chi connectivity index (χ3v) is 3.69. The van der Waals surface area contributed by atoms with Crippen LogP contribution in [0.25, 0.3) is 0 Å². The summed E-state index contributed by atoms with van der Waals surface area (Å²) in [5.74, 6) is 1.46. The van der Waals surface area contributed by atoms with Crippen molar-refractivity contribution in [2.75, 3.05) is 0 Å². The highest BCUT2D eigenvalue weighted by Crippen LogP contribution is 2.22. The van der Waals surface area contributed by atoms with Gasteiger partial charge in [0, 0.05) is 4.90 Å². The van der Waals surface area contributed by atoms with E-state index in [9.17, 15) is 5.11 Å². The van der Waals surface area contributed by atoms with Crippen LogP contribution in [-0.4, -0.2) is 21.4 Å². The molecule has 0 aliphatic carbocycles. The van der Waals surface area contributed by atoms with E-state index in [4.69, 9.17) is 10.3 Å². The molecular weight excluding hydrogens is 262 g/mol. The maximum absolute atomic E-state index is 9.36. The molecule has 19 heavy (non-hydrogen) atoms. The Kier molecular flexibility index (Phi) is 4.57. The molecule has 5 nitrogen and oxygen atoms in total. The number of nitrogens with two attached hydrogens (primary N) is 1. The number of benzene rings is 1. The van der Waals surface area contributed by atoms with E-state index in [-0.39, 0.29) is 5.89 Å². The molecule has 0 amide bonds. The van der Waals surface area contributed by atoms with Gasteiger partial charge in [0.25, 0.3) is 0 Å². The number of aliphatic hydroxyl groups excluding tert-OH is 1. The Morgan fingerprint density at radius 1 is 1.37 bits per heavy atom. The molecule has 0 aliphatic rings. The molecule has 1 heterocycles. The predicted octanol–water partition coefficient (Wildman–Crippen LogP) is 2.05. The maximum atomic E-state index is 9.36. The van der Waals surface area contributed by atoms with Crippen molar-refractivity contribution >= 4 is 11.8 Å². The Bertz CT molecular complexity index is 525. The first-order valence-corrected chi connectivity index (χ1v) is 7.00. The van der Waals surface area contributed by atoms with Gasteiger partial charge in [0.05, 0.1) is 11.9 Å². The molecule has 0 fully saturated rings. The first-order valence-electron chi connectivity index (χ1n) is 6.02. The molecular formula is C13H17N3O2S. The molecule has 0 bridgehead atoms. The second-order valence-corrected chi connectivity index (χ2v) is 5.47. The summed E-state index contributed by atoms with van der Waals surface area (Å²) < 4.78 is 5.04. The number of hydrogen-bond acceptors (Lipinski definition) is 6. The van der Waals surface area contributed by atoms with Crippen molar-refractivity contribution in [2.45, 2.75) is 36.6 Å². The summed E-state index contributed by atoms with van der Waals surface area (Å²) >= 11 is 1.63. The summed E-state index contributed by atoms with van der Waals surface area (Å²) in [5.41, 5.74) is 6.95. The van der Waals surface area contributed by atoms with Gasteiger partial charge in [-0.3, -0.25) is 0 Å². The third kappa shape index (κ3) is 3.79. The van der Waals surface area contributed by atoms with E-state index >= 15 is 0 Å². The molecule has 2 rings (SSSR count). The summed E-state index contributed by atoms with van der Waals surface area (Å²) in [6.45, 7) is 3.65. The largest absolute Gasteiger partial charge is 0.391 e. The molecule has 1 aromatic heterocycles. The SMILES string of the molecule is Cc1ccc(SCc2noc([C@@H](N)[C@@H](C)O)n2)cc1.